The molecule has 2 rings (SSSR count). The lowest BCUT2D eigenvalue weighted by atomic mass is 10.0. The maximum atomic E-state index is 12.3. The van der Waals surface area contributed by atoms with Gasteiger partial charge in [0.05, 0.1) is 6.04 Å². The Hall–Kier alpha value is -1.58. The number of nitrogens with zero attached hydrogens (tertiary/aromatic N) is 1. The highest BCUT2D eigenvalue weighted by Crippen LogP contribution is 2.31. The molecule has 0 aromatic rings. The van der Waals surface area contributed by atoms with Gasteiger partial charge < -0.3 is 10.0 Å². The summed E-state index contributed by atoms with van der Waals surface area (Å²) in [4.78, 5) is 26.2. The first-order chi connectivity index (χ1) is 13.2. The molecule has 0 aromatic heterocycles. The fourth-order valence-corrected chi connectivity index (χ4v) is 4.10. The summed E-state index contributed by atoms with van der Waals surface area (Å²) in [5, 5.41) is 10.2. The molecule has 2 fully saturated rings. The van der Waals surface area contributed by atoms with E-state index in [4.69, 9.17) is 0 Å². The number of aliphatic hydroxyl groups excluding tert-OH is 1. The highest BCUT2D eigenvalue weighted by molar-refractivity contribution is 6.27. The van der Waals surface area contributed by atoms with Crippen molar-refractivity contribution in [2.75, 3.05) is 6.54 Å². The zero-order valence-corrected chi connectivity index (χ0v) is 17.0. The Morgan fingerprint density at radius 3 is 2.30 bits per heavy atom. The van der Waals surface area contributed by atoms with Gasteiger partial charge in [-0.2, -0.15) is 0 Å². The van der Waals surface area contributed by atoms with Gasteiger partial charge >= 0.3 is 0 Å². The van der Waals surface area contributed by atoms with Crippen molar-refractivity contribution in [3.63, 3.8) is 0 Å². The van der Waals surface area contributed by atoms with Crippen LogP contribution in [-0.2, 0) is 9.59 Å². The van der Waals surface area contributed by atoms with E-state index < -0.39 is 0 Å². The summed E-state index contributed by atoms with van der Waals surface area (Å²) >= 11 is 0. The van der Waals surface area contributed by atoms with Gasteiger partial charge in [-0.25, -0.2) is 0 Å². The first-order valence-corrected chi connectivity index (χ1v) is 11.1. The molecule has 0 aromatic carbocycles. The number of carbonyl (C=O) groups excluding carboxylic acids is 2. The van der Waals surface area contributed by atoms with Crippen LogP contribution in [0.5, 0.6) is 0 Å². The average molecular weight is 376 g/mol. The number of ketones is 1. The van der Waals surface area contributed by atoms with Crippen LogP contribution >= 0.6 is 0 Å². The van der Waals surface area contributed by atoms with Crippen LogP contribution in [0.15, 0.2) is 23.5 Å². The summed E-state index contributed by atoms with van der Waals surface area (Å²) in [7, 11) is 0. The second-order valence-electron chi connectivity index (χ2n) is 7.97. The second kappa shape index (κ2) is 12.0. The molecule has 0 bridgehead atoms. The summed E-state index contributed by atoms with van der Waals surface area (Å²) in [5.41, 5.74) is 0.0641. The lowest BCUT2D eigenvalue weighted by molar-refractivity contribution is -0.125. The van der Waals surface area contributed by atoms with Crippen LogP contribution in [-0.4, -0.2) is 34.3 Å². The minimum Gasteiger partial charge on any atom is -0.511 e. The van der Waals surface area contributed by atoms with E-state index in [-0.39, 0.29) is 29.1 Å². The molecular weight excluding hydrogens is 338 g/mol. The van der Waals surface area contributed by atoms with Gasteiger partial charge in [-0.3, -0.25) is 9.59 Å². The first-order valence-electron chi connectivity index (χ1n) is 11.1. The molecule has 0 aliphatic carbocycles. The number of carbonyl (C=O) groups is 2. The molecule has 1 amide bonds. The number of Topliss-reactive ketones (excluding diaryl/α,β-unsaturated/α-hetero) is 1. The van der Waals surface area contributed by atoms with Crippen LogP contribution in [0, 0.1) is 0 Å². The molecule has 0 saturated carbocycles. The number of aliphatic hydroxyl groups is 1. The summed E-state index contributed by atoms with van der Waals surface area (Å²) in [5.74, 6) is -0.411. The van der Waals surface area contributed by atoms with Crippen LogP contribution in [0.25, 0.3) is 0 Å². The number of hydrogen-bond acceptors (Lipinski definition) is 3. The standard InChI is InChI=1S/C23H37NO3/c1-2-3-4-5-6-7-8-9-10-11-12-13-14-17-20(25)21-22(26)19-16-15-18-24(19)23(21)27/h10-11,19,25H,2-9,12-18H2,1H3/b11-10?,21-20-/t19-/m0/s1. The summed E-state index contributed by atoms with van der Waals surface area (Å²) in [6.45, 7) is 2.90. The molecule has 0 radical (unpaired) electrons. The van der Waals surface area contributed by atoms with E-state index in [1.54, 1.807) is 4.90 Å². The lowest BCUT2D eigenvalue weighted by Gasteiger charge is -2.11. The average Bonchev–Trinajstić information content (AvgIpc) is 3.23. The van der Waals surface area contributed by atoms with E-state index >= 15 is 0 Å². The monoisotopic (exact) mass is 375 g/mol. The largest absolute Gasteiger partial charge is 0.511 e. The molecule has 2 aliphatic heterocycles. The smallest absolute Gasteiger partial charge is 0.261 e. The third-order valence-corrected chi connectivity index (χ3v) is 5.74. The Balaban J connectivity index is 1.54. The number of hydrogen-bond donors (Lipinski definition) is 1. The fraction of sp³-hybridized carbons (Fsp3) is 0.739. The molecule has 0 unspecified atom stereocenters. The number of rotatable bonds is 13. The molecule has 4 nitrogen and oxygen atoms in total. The Labute approximate surface area is 164 Å². The lowest BCUT2D eigenvalue weighted by Crippen LogP contribution is -2.28. The van der Waals surface area contributed by atoms with Gasteiger partial charge in [0.1, 0.15) is 11.3 Å². The predicted molar refractivity (Wildman–Crippen MR) is 110 cm³/mol. The summed E-state index contributed by atoms with van der Waals surface area (Å²) in [6, 6.07) is -0.302. The van der Waals surface area contributed by atoms with Gasteiger partial charge in [-0.1, -0.05) is 57.6 Å². The maximum Gasteiger partial charge on any atom is 0.261 e. The third-order valence-electron chi connectivity index (χ3n) is 5.74. The highest BCUT2D eigenvalue weighted by Gasteiger charge is 2.46. The molecule has 152 valence electrons. The van der Waals surface area contributed by atoms with Crippen molar-refractivity contribution >= 4 is 11.7 Å². The van der Waals surface area contributed by atoms with E-state index in [1.165, 1.54) is 44.9 Å². The predicted octanol–water partition coefficient (Wildman–Crippen LogP) is 5.63. The normalized spacial score (nSPS) is 21.5. The minimum atomic E-state index is -0.302. The van der Waals surface area contributed by atoms with Gasteiger partial charge in [-0.15, -0.1) is 0 Å². The Morgan fingerprint density at radius 2 is 1.63 bits per heavy atom. The first kappa shape index (κ1) is 21.7. The van der Waals surface area contributed by atoms with Crippen LogP contribution in [0.3, 0.4) is 0 Å². The van der Waals surface area contributed by atoms with Gasteiger partial charge in [0.15, 0.2) is 5.78 Å². The second-order valence-corrected chi connectivity index (χ2v) is 7.97. The van der Waals surface area contributed by atoms with Crippen molar-refractivity contribution in [3.8, 4) is 0 Å². The molecule has 0 spiro atoms. The zero-order chi connectivity index (χ0) is 19.5. The SMILES string of the molecule is CCCCCCCCCC=CCCCC/C(O)=C1\C(=O)[C@@H]2CCCN2C1=O. The van der Waals surface area contributed by atoms with Gasteiger partial charge in [0.2, 0.25) is 0 Å². The van der Waals surface area contributed by atoms with Crippen LogP contribution in [0.2, 0.25) is 0 Å². The van der Waals surface area contributed by atoms with E-state index in [2.05, 4.69) is 19.1 Å². The van der Waals surface area contributed by atoms with Crippen molar-refractivity contribution in [1.82, 2.24) is 4.90 Å². The molecule has 27 heavy (non-hydrogen) atoms. The quantitative estimate of drug-likeness (QED) is 0.149. The fourth-order valence-electron chi connectivity index (χ4n) is 4.10. The van der Waals surface area contributed by atoms with E-state index in [0.29, 0.717) is 13.0 Å². The number of unbranched alkanes of at least 4 members (excludes halogenated alkanes) is 9. The molecule has 1 N–H and O–H groups in total. The van der Waals surface area contributed by atoms with Crippen molar-refractivity contribution in [2.45, 2.75) is 103 Å². The topological polar surface area (TPSA) is 57.6 Å². The van der Waals surface area contributed by atoms with E-state index in [0.717, 1.165) is 38.5 Å². The molecule has 2 saturated heterocycles. The molecule has 1 atom stereocenters. The van der Waals surface area contributed by atoms with Gasteiger partial charge in [-0.05, 0) is 44.9 Å². The third kappa shape index (κ3) is 6.51. The van der Waals surface area contributed by atoms with Crippen molar-refractivity contribution in [2.24, 2.45) is 0 Å². The molecule has 4 heteroatoms. The Morgan fingerprint density at radius 1 is 1.00 bits per heavy atom. The molecule has 2 aliphatic rings. The van der Waals surface area contributed by atoms with Crippen molar-refractivity contribution in [1.29, 1.82) is 0 Å². The van der Waals surface area contributed by atoms with Crippen LogP contribution in [0.4, 0.5) is 0 Å². The number of amides is 1. The Kier molecular flexibility index (Phi) is 9.65. The number of allylic oxidation sites excluding steroid dienone is 3. The maximum absolute atomic E-state index is 12.3. The van der Waals surface area contributed by atoms with Crippen LogP contribution in [0.1, 0.15) is 96.8 Å². The van der Waals surface area contributed by atoms with Crippen molar-refractivity contribution in [3.05, 3.63) is 23.5 Å². The summed E-state index contributed by atoms with van der Waals surface area (Å²) < 4.78 is 0. The van der Waals surface area contributed by atoms with Gasteiger partial charge in [0, 0.05) is 13.0 Å². The van der Waals surface area contributed by atoms with E-state index in [9.17, 15) is 14.7 Å². The van der Waals surface area contributed by atoms with Gasteiger partial charge in [0.25, 0.3) is 5.91 Å². The zero-order valence-electron chi connectivity index (χ0n) is 17.0. The summed E-state index contributed by atoms with van der Waals surface area (Å²) in [6.07, 6.45) is 19.9. The highest BCUT2D eigenvalue weighted by atomic mass is 16.3. The van der Waals surface area contributed by atoms with Crippen LogP contribution < -0.4 is 0 Å². The molecule has 2 heterocycles. The number of fused-ring (bicyclic) bond motifs is 1. The molecular formula is C23H37NO3. The Bertz CT molecular complexity index is 526. The van der Waals surface area contributed by atoms with E-state index in [1.807, 2.05) is 0 Å². The van der Waals surface area contributed by atoms with Crippen molar-refractivity contribution < 1.29 is 14.7 Å². The minimum absolute atomic E-state index is 0.00597.